The van der Waals surface area contributed by atoms with E-state index in [1.807, 2.05) is 39.8 Å². The van der Waals surface area contributed by atoms with Gasteiger partial charge in [-0.2, -0.15) is 15.1 Å². The van der Waals surface area contributed by atoms with Crippen molar-refractivity contribution in [2.24, 2.45) is 0 Å². The van der Waals surface area contributed by atoms with E-state index in [-0.39, 0.29) is 11.8 Å². The summed E-state index contributed by atoms with van der Waals surface area (Å²) in [4.78, 5) is 14.1. The summed E-state index contributed by atoms with van der Waals surface area (Å²) in [5.74, 6) is 1.43. The van der Waals surface area contributed by atoms with Gasteiger partial charge in [0, 0.05) is 47.5 Å². The molecule has 0 atom stereocenters. The molecule has 0 unspecified atom stereocenters. The number of benzene rings is 1. The van der Waals surface area contributed by atoms with E-state index in [0.717, 1.165) is 24.5 Å². The largest absolute Gasteiger partial charge is 0.421 e. The van der Waals surface area contributed by atoms with E-state index in [1.54, 1.807) is 18.2 Å². The average Bonchev–Trinajstić information content (AvgIpc) is 3.30. The average molecular weight is 409 g/mol. The Kier molecular flexibility index (Phi) is 5.26. The minimum absolute atomic E-state index is 0.0552. The summed E-state index contributed by atoms with van der Waals surface area (Å²) in [6.45, 7) is 9.39. The van der Waals surface area contributed by atoms with Gasteiger partial charge in [0.25, 0.3) is 0 Å². The number of halogens is 1. The van der Waals surface area contributed by atoms with Crippen LogP contribution in [-0.2, 0) is 0 Å². The first kappa shape index (κ1) is 19.7. The number of nitrogens with one attached hydrogen (secondary N) is 3. The predicted octanol–water partition coefficient (Wildman–Crippen LogP) is 4.82. The van der Waals surface area contributed by atoms with Crippen LogP contribution in [0.1, 0.15) is 25.2 Å². The standard InChI is InChI=1S/C21H24FN7O/c1-5-29(6-2)19-11-17(24-18-10-13(4)27-28-18)25-21(26-19)30-16-8-7-15-14(20(16)22)9-12(3)23-15/h7-11,23H,5-6H2,1-4H3,(H2,24,25,26,27,28). The fraction of sp³-hybridized carbons (Fsp3) is 0.286. The Morgan fingerprint density at radius 3 is 2.53 bits per heavy atom. The molecule has 0 bridgehead atoms. The van der Waals surface area contributed by atoms with E-state index in [2.05, 4.69) is 35.4 Å². The Labute approximate surface area is 173 Å². The van der Waals surface area contributed by atoms with Crippen molar-refractivity contribution in [2.45, 2.75) is 27.7 Å². The first-order chi connectivity index (χ1) is 14.5. The second kappa shape index (κ2) is 8.02. The van der Waals surface area contributed by atoms with Crippen LogP contribution < -0.4 is 15.0 Å². The maximum atomic E-state index is 15.0. The predicted molar refractivity (Wildman–Crippen MR) is 115 cm³/mol. The van der Waals surface area contributed by atoms with Gasteiger partial charge in [-0.3, -0.25) is 5.10 Å². The molecule has 3 N–H and O–H groups in total. The zero-order chi connectivity index (χ0) is 21.3. The van der Waals surface area contributed by atoms with Crippen molar-refractivity contribution in [3.05, 3.63) is 47.5 Å². The maximum Gasteiger partial charge on any atom is 0.326 e. The molecule has 156 valence electrons. The van der Waals surface area contributed by atoms with E-state index in [0.29, 0.717) is 28.4 Å². The molecule has 4 rings (SSSR count). The first-order valence-electron chi connectivity index (χ1n) is 9.85. The Bertz CT molecular complexity index is 1180. The smallest absolute Gasteiger partial charge is 0.326 e. The highest BCUT2D eigenvalue weighted by molar-refractivity contribution is 5.82. The fourth-order valence-electron chi connectivity index (χ4n) is 3.31. The van der Waals surface area contributed by atoms with Crippen LogP contribution in [-0.4, -0.2) is 38.2 Å². The van der Waals surface area contributed by atoms with Crippen LogP contribution in [0.15, 0.2) is 30.3 Å². The number of nitrogens with zero attached hydrogens (tertiary/aromatic N) is 4. The normalized spacial score (nSPS) is 11.1. The van der Waals surface area contributed by atoms with E-state index >= 15 is 0 Å². The topological polar surface area (TPSA) is 94.8 Å². The van der Waals surface area contributed by atoms with Gasteiger partial charge in [-0.05, 0) is 45.9 Å². The molecule has 0 saturated heterocycles. The van der Waals surface area contributed by atoms with Crippen LogP contribution in [0.2, 0.25) is 0 Å². The van der Waals surface area contributed by atoms with Crippen LogP contribution in [0.25, 0.3) is 10.9 Å². The third-order valence-corrected chi connectivity index (χ3v) is 4.78. The minimum atomic E-state index is -0.453. The highest BCUT2D eigenvalue weighted by atomic mass is 19.1. The lowest BCUT2D eigenvalue weighted by atomic mass is 10.2. The van der Waals surface area contributed by atoms with E-state index in [9.17, 15) is 4.39 Å². The Morgan fingerprint density at radius 2 is 1.83 bits per heavy atom. The van der Waals surface area contributed by atoms with Gasteiger partial charge >= 0.3 is 6.01 Å². The number of aromatic amines is 2. The van der Waals surface area contributed by atoms with E-state index in [1.165, 1.54) is 0 Å². The lowest BCUT2D eigenvalue weighted by Gasteiger charge is -2.20. The van der Waals surface area contributed by atoms with Crippen molar-refractivity contribution >= 4 is 28.4 Å². The molecule has 0 spiro atoms. The number of rotatable bonds is 7. The van der Waals surface area contributed by atoms with Gasteiger partial charge in [0.1, 0.15) is 11.6 Å². The number of hydrogen-bond donors (Lipinski definition) is 3. The molecule has 0 radical (unpaired) electrons. The Balaban J connectivity index is 1.71. The summed E-state index contributed by atoms with van der Waals surface area (Å²) in [6, 6.07) is 8.84. The van der Waals surface area contributed by atoms with Gasteiger partial charge in [0.05, 0.1) is 0 Å². The van der Waals surface area contributed by atoms with Crippen LogP contribution >= 0.6 is 0 Å². The van der Waals surface area contributed by atoms with E-state index in [4.69, 9.17) is 4.74 Å². The molecule has 8 nitrogen and oxygen atoms in total. The summed E-state index contributed by atoms with van der Waals surface area (Å²) in [7, 11) is 0. The van der Waals surface area contributed by atoms with Crippen molar-refractivity contribution in [1.82, 2.24) is 25.1 Å². The maximum absolute atomic E-state index is 15.0. The SMILES string of the molecule is CCN(CC)c1cc(Nc2cc(C)[nH]n2)nc(Oc2ccc3[nH]c(C)cc3c2F)n1. The summed E-state index contributed by atoms with van der Waals surface area (Å²) in [5, 5.41) is 10.7. The third-order valence-electron chi connectivity index (χ3n) is 4.78. The van der Waals surface area contributed by atoms with E-state index < -0.39 is 5.82 Å². The van der Waals surface area contributed by atoms with Gasteiger partial charge in [-0.1, -0.05) is 0 Å². The van der Waals surface area contributed by atoms with Gasteiger partial charge in [-0.25, -0.2) is 4.39 Å². The number of fused-ring (bicyclic) bond motifs is 1. The zero-order valence-corrected chi connectivity index (χ0v) is 17.4. The van der Waals surface area contributed by atoms with Crippen LogP contribution in [0.3, 0.4) is 0 Å². The van der Waals surface area contributed by atoms with Crippen molar-refractivity contribution in [1.29, 1.82) is 0 Å². The quantitative estimate of drug-likeness (QED) is 0.405. The molecule has 0 aliphatic carbocycles. The summed E-state index contributed by atoms with van der Waals surface area (Å²) in [6.07, 6.45) is 0. The van der Waals surface area contributed by atoms with Crippen molar-refractivity contribution in [3.63, 3.8) is 0 Å². The number of H-pyrrole nitrogens is 2. The minimum Gasteiger partial charge on any atom is -0.421 e. The number of hydrogen-bond acceptors (Lipinski definition) is 6. The highest BCUT2D eigenvalue weighted by Gasteiger charge is 2.16. The lowest BCUT2D eigenvalue weighted by Crippen LogP contribution is -2.23. The van der Waals surface area contributed by atoms with Gasteiger partial charge in [0.2, 0.25) is 0 Å². The molecular weight excluding hydrogens is 385 g/mol. The lowest BCUT2D eigenvalue weighted by molar-refractivity contribution is 0.414. The molecule has 0 amide bonds. The van der Waals surface area contributed by atoms with Crippen molar-refractivity contribution < 1.29 is 9.13 Å². The summed E-state index contributed by atoms with van der Waals surface area (Å²) < 4.78 is 20.8. The van der Waals surface area contributed by atoms with Crippen molar-refractivity contribution in [2.75, 3.05) is 23.3 Å². The molecule has 30 heavy (non-hydrogen) atoms. The molecule has 4 aromatic rings. The van der Waals surface area contributed by atoms with Gasteiger partial charge in [-0.15, -0.1) is 0 Å². The second-order valence-corrected chi connectivity index (χ2v) is 7.02. The Hall–Kier alpha value is -3.62. The number of anilines is 3. The fourth-order valence-corrected chi connectivity index (χ4v) is 3.31. The van der Waals surface area contributed by atoms with Gasteiger partial charge in [0.15, 0.2) is 17.4 Å². The molecule has 3 aromatic heterocycles. The molecule has 0 aliphatic heterocycles. The molecule has 0 fully saturated rings. The highest BCUT2D eigenvalue weighted by Crippen LogP contribution is 2.31. The first-order valence-corrected chi connectivity index (χ1v) is 9.85. The molecule has 0 saturated carbocycles. The molecule has 0 aliphatic rings. The second-order valence-electron chi connectivity index (χ2n) is 7.02. The monoisotopic (exact) mass is 409 g/mol. The van der Waals surface area contributed by atoms with Crippen LogP contribution in [0.5, 0.6) is 11.8 Å². The molecule has 9 heteroatoms. The van der Waals surface area contributed by atoms with Crippen molar-refractivity contribution in [3.8, 4) is 11.8 Å². The number of ether oxygens (including phenoxy) is 1. The molecule has 3 heterocycles. The summed E-state index contributed by atoms with van der Waals surface area (Å²) in [5.41, 5.74) is 2.51. The number of aryl methyl sites for hydroxylation is 2. The zero-order valence-electron chi connectivity index (χ0n) is 17.4. The van der Waals surface area contributed by atoms with Crippen LogP contribution in [0, 0.1) is 19.7 Å². The molecular formula is C21H24FN7O. The Morgan fingerprint density at radius 1 is 1.03 bits per heavy atom. The summed E-state index contributed by atoms with van der Waals surface area (Å²) >= 11 is 0. The van der Waals surface area contributed by atoms with Crippen LogP contribution in [0.4, 0.5) is 21.8 Å². The van der Waals surface area contributed by atoms with Gasteiger partial charge < -0.3 is 19.9 Å². The molecule has 1 aromatic carbocycles. The third kappa shape index (κ3) is 3.91. The number of aromatic nitrogens is 5.